The summed E-state index contributed by atoms with van der Waals surface area (Å²) in [6.07, 6.45) is 12.4. The summed E-state index contributed by atoms with van der Waals surface area (Å²) in [5, 5.41) is 23.7. The zero-order chi connectivity index (χ0) is 31.0. The van der Waals surface area contributed by atoms with Gasteiger partial charge in [-0.25, -0.2) is 0 Å². The van der Waals surface area contributed by atoms with Crippen LogP contribution in [0.1, 0.15) is 80.1 Å². The summed E-state index contributed by atoms with van der Waals surface area (Å²) < 4.78 is 12.4. The minimum atomic E-state index is -1.06. The van der Waals surface area contributed by atoms with Gasteiger partial charge in [0.2, 0.25) is 11.8 Å². The van der Waals surface area contributed by atoms with Crippen LogP contribution in [0.15, 0.2) is 36.0 Å². The predicted molar refractivity (Wildman–Crippen MR) is 162 cm³/mol. The summed E-state index contributed by atoms with van der Waals surface area (Å²) >= 11 is 6.08. The second-order valence-electron chi connectivity index (χ2n) is 11.6. The lowest BCUT2D eigenvalue weighted by molar-refractivity contribution is -0.138. The molecule has 2 amide bonds. The quantitative estimate of drug-likeness (QED) is 0.112. The van der Waals surface area contributed by atoms with Gasteiger partial charge in [0.25, 0.3) is 6.47 Å². The molecular weight excluding hydrogens is 548 g/mol. The van der Waals surface area contributed by atoms with Gasteiger partial charge < -0.3 is 30.3 Å². The summed E-state index contributed by atoms with van der Waals surface area (Å²) in [7, 11) is 0. The Kier molecular flexibility index (Phi) is 17.1. The molecule has 2 heterocycles. The van der Waals surface area contributed by atoms with Crippen LogP contribution in [0.4, 0.5) is 0 Å². The van der Waals surface area contributed by atoms with E-state index in [-0.39, 0.29) is 61.0 Å². The van der Waals surface area contributed by atoms with Crippen LogP contribution in [0.2, 0.25) is 0 Å². The van der Waals surface area contributed by atoms with Gasteiger partial charge in [0.1, 0.15) is 0 Å². The lowest BCUT2D eigenvalue weighted by Gasteiger charge is -2.39. The van der Waals surface area contributed by atoms with Gasteiger partial charge in [-0.15, -0.1) is 11.6 Å². The molecule has 41 heavy (non-hydrogen) atoms. The molecule has 2 fully saturated rings. The summed E-state index contributed by atoms with van der Waals surface area (Å²) in [5.74, 6) is 0.605. The van der Waals surface area contributed by atoms with Gasteiger partial charge in [0.15, 0.2) is 0 Å². The van der Waals surface area contributed by atoms with Crippen LogP contribution >= 0.6 is 11.6 Å². The van der Waals surface area contributed by atoms with Gasteiger partial charge in [-0.2, -0.15) is 0 Å². The molecule has 10 heteroatoms. The molecule has 2 aliphatic rings. The molecule has 0 saturated carbocycles. The van der Waals surface area contributed by atoms with Crippen molar-refractivity contribution < 1.29 is 34.1 Å². The number of amides is 2. The molecule has 0 spiro atoms. The van der Waals surface area contributed by atoms with Crippen molar-refractivity contribution in [3.8, 4) is 0 Å². The maximum Gasteiger partial charge on any atom is 0.290 e. The number of nitrogens with one attached hydrogen (secondary N) is 2. The van der Waals surface area contributed by atoms with Gasteiger partial charge in [0, 0.05) is 19.4 Å². The van der Waals surface area contributed by atoms with Crippen molar-refractivity contribution in [2.45, 2.75) is 116 Å². The number of allylic oxidation sites excluding steroid dienone is 3. The summed E-state index contributed by atoms with van der Waals surface area (Å²) in [5.41, 5.74) is 0.0173. The molecular formula is C31H51ClN2O7. The third-order valence-corrected chi connectivity index (χ3v) is 7.71. The molecule has 6 unspecified atom stereocenters. The third-order valence-electron chi connectivity index (χ3n) is 7.21. The highest BCUT2D eigenvalue weighted by atomic mass is 35.5. The smallest absolute Gasteiger partial charge is 0.290 e. The molecule has 234 valence electrons. The first kappa shape index (κ1) is 36.8. The second-order valence-corrected chi connectivity index (χ2v) is 11.8. The first-order valence-corrected chi connectivity index (χ1v) is 15.2. The highest BCUT2D eigenvalue weighted by Crippen LogP contribution is 2.32. The highest BCUT2D eigenvalue weighted by molar-refractivity contribution is 6.18. The topological polar surface area (TPSA) is 134 Å². The predicted octanol–water partition coefficient (Wildman–Crippen LogP) is 4.52. The van der Waals surface area contributed by atoms with Crippen molar-refractivity contribution in [3.05, 3.63) is 36.0 Å². The van der Waals surface area contributed by atoms with E-state index in [9.17, 15) is 14.7 Å². The van der Waals surface area contributed by atoms with E-state index in [4.69, 9.17) is 31.0 Å². The molecule has 2 saturated heterocycles. The average Bonchev–Trinajstić information content (AvgIpc) is 2.90. The van der Waals surface area contributed by atoms with E-state index in [1.54, 1.807) is 6.08 Å². The first-order chi connectivity index (χ1) is 19.4. The first-order valence-electron chi connectivity index (χ1n) is 14.6. The minimum absolute atomic E-state index is 0.00309. The number of rotatable bonds is 12. The average molecular weight is 599 g/mol. The molecule has 2 rings (SSSR count). The zero-order valence-electron chi connectivity index (χ0n) is 25.5. The maximum absolute atomic E-state index is 12.2. The third kappa shape index (κ3) is 14.5. The zero-order valence-corrected chi connectivity index (χ0v) is 26.2. The number of carboxylic acid groups (broad SMARTS) is 1. The molecule has 0 aromatic rings. The van der Waals surface area contributed by atoms with Crippen molar-refractivity contribution in [2.75, 3.05) is 12.4 Å². The fraction of sp³-hybridized carbons (Fsp3) is 0.710. The number of alkyl halides is 1. The molecule has 4 N–H and O–H groups in total. The van der Waals surface area contributed by atoms with E-state index < -0.39 is 5.60 Å². The van der Waals surface area contributed by atoms with Crippen molar-refractivity contribution in [3.63, 3.8) is 0 Å². The Morgan fingerprint density at radius 1 is 1.17 bits per heavy atom. The number of hydrogen-bond donors (Lipinski definition) is 4. The normalized spacial score (nSPS) is 30.6. The summed E-state index contributed by atoms with van der Waals surface area (Å²) in [6, 6.07) is -0.00309. The maximum atomic E-state index is 12.2. The Labute approximate surface area is 250 Å². The Hall–Kier alpha value is -2.20. The van der Waals surface area contributed by atoms with Crippen LogP contribution in [-0.2, 0) is 23.9 Å². The van der Waals surface area contributed by atoms with Crippen LogP contribution in [0.25, 0.3) is 0 Å². The molecule has 0 bridgehead atoms. The highest BCUT2D eigenvalue weighted by Gasteiger charge is 2.39. The minimum Gasteiger partial charge on any atom is -0.483 e. The van der Waals surface area contributed by atoms with Crippen molar-refractivity contribution in [2.24, 2.45) is 11.8 Å². The van der Waals surface area contributed by atoms with E-state index in [0.29, 0.717) is 31.2 Å². The molecule has 0 aliphatic carbocycles. The van der Waals surface area contributed by atoms with Crippen LogP contribution in [0.5, 0.6) is 0 Å². The van der Waals surface area contributed by atoms with Crippen LogP contribution in [0, 0.1) is 11.8 Å². The number of carbonyl (C=O) groups is 3. The number of aliphatic hydroxyl groups is 1. The van der Waals surface area contributed by atoms with E-state index in [1.165, 1.54) is 0 Å². The number of hydrogen-bond acceptors (Lipinski definition) is 6. The lowest BCUT2D eigenvalue weighted by Crippen LogP contribution is -2.50. The lowest BCUT2D eigenvalue weighted by atomic mass is 9.87. The Morgan fingerprint density at radius 3 is 2.46 bits per heavy atom. The number of carbonyl (C=O) groups excluding carboxylic acids is 2. The van der Waals surface area contributed by atoms with E-state index in [2.05, 4.69) is 23.6 Å². The fourth-order valence-corrected chi connectivity index (χ4v) is 5.18. The Balaban J connectivity index is 0.00000268. The Bertz CT molecular complexity index is 907. The standard InChI is InChI=1S/C30H49ClN2O5.CH2O2/c1-7-14-32-29(35)16-25-18-30(36,19-31)17-24(38-25)11-9-21(4)10-12-27-22(5)15-26(23(6)37-27)33-28(34)13-8-20(2)3;2-1-3/h8-11,13,20,22-27,36H,7,12,14-19H2,1-6H3,(H,32,35)(H,33,34);1H,(H,2,3)/b11-9+,13-8-,21-10+;/t22?,23?,24?,25-,26?,27?,30?;/m1./s1. The monoisotopic (exact) mass is 598 g/mol. The molecule has 0 radical (unpaired) electrons. The van der Waals surface area contributed by atoms with Crippen molar-refractivity contribution in [1.29, 1.82) is 0 Å². The number of ether oxygens (including phenoxy) is 2. The van der Waals surface area contributed by atoms with Crippen LogP contribution in [-0.4, -0.2) is 77.0 Å². The van der Waals surface area contributed by atoms with Gasteiger partial charge in [-0.1, -0.05) is 57.6 Å². The summed E-state index contributed by atoms with van der Waals surface area (Å²) in [4.78, 5) is 32.8. The molecule has 0 aromatic carbocycles. The largest absolute Gasteiger partial charge is 0.483 e. The molecule has 0 aromatic heterocycles. The van der Waals surface area contributed by atoms with Gasteiger partial charge in [-0.05, 0) is 51.0 Å². The van der Waals surface area contributed by atoms with Crippen molar-refractivity contribution in [1.82, 2.24) is 10.6 Å². The van der Waals surface area contributed by atoms with E-state index in [1.807, 2.05) is 52.8 Å². The summed E-state index contributed by atoms with van der Waals surface area (Å²) in [6.45, 7) is 12.7. The van der Waals surface area contributed by atoms with Gasteiger partial charge in [0.05, 0.1) is 48.4 Å². The van der Waals surface area contributed by atoms with Crippen molar-refractivity contribution >= 4 is 29.9 Å². The van der Waals surface area contributed by atoms with Crippen LogP contribution in [0.3, 0.4) is 0 Å². The van der Waals surface area contributed by atoms with Crippen LogP contribution < -0.4 is 10.6 Å². The number of halogens is 1. The second kappa shape index (κ2) is 19.1. The van der Waals surface area contributed by atoms with E-state index >= 15 is 0 Å². The molecule has 7 atom stereocenters. The molecule has 9 nitrogen and oxygen atoms in total. The molecule has 2 aliphatic heterocycles. The Morgan fingerprint density at radius 2 is 1.85 bits per heavy atom. The van der Waals surface area contributed by atoms with Gasteiger partial charge in [-0.3, -0.25) is 14.4 Å². The van der Waals surface area contributed by atoms with E-state index in [0.717, 1.165) is 24.8 Å². The van der Waals surface area contributed by atoms with Gasteiger partial charge >= 0.3 is 0 Å². The fourth-order valence-electron chi connectivity index (χ4n) is 4.96. The SMILES string of the molecule is CCCNC(=O)C[C@@H]1CC(O)(CCl)CC(/C=C/C(C)=C/CC2OC(C)C(NC(=O)/C=C\C(C)C)CC2C)O1.O=CO.